The molecule has 0 radical (unpaired) electrons. The molecule has 5 nitrogen and oxygen atoms in total. The van der Waals surface area contributed by atoms with Crippen LogP contribution in [0, 0.1) is 5.92 Å². The Morgan fingerprint density at radius 2 is 2.05 bits per heavy atom. The maximum atomic E-state index is 12.8. The van der Waals surface area contributed by atoms with Crippen LogP contribution >= 0.6 is 0 Å². The van der Waals surface area contributed by atoms with Crippen LogP contribution in [0.5, 0.6) is 0 Å². The number of alkyl halides is 3. The summed E-state index contributed by atoms with van der Waals surface area (Å²) in [5, 5.41) is 0. The van der Waals surface area contributed by atoms with E-state index in [0.29, 0.717) is 29.8 Å². The molecular formula is C12H14F3N5. The van der Waals surface area contributed by atoms with Gasteiger partial charge in [0.25, 0.3) is 0 Å². The van der Waals surface area contributed by atoms with Gasteiger partial charge in [0.15, 0.2) is 11.5 Å². The topological polar surface area (TPSA) is 80.5 Å². The van der Waals surface area contributed by atoms with E-state index in [0.717, 1.165) is 0 Å². The van der Waals surface area contributed by atoms with Crippen LogP contribution in [0.2, 0.25) is 0 Å². The highest BCUT2D eigenvalue weighted by Crippen LogP contribution is 2.43. The molecule has 3 rings (SSSR count). The fraction of sp³-hybridized carbons (Fsp3) is 0.583. The molecule has 1 saturated carbocycles. The number of imidazole rings is 1. The van der Waals surface area contributed by atoms with E-state index in [1.807, 2.05) is 0 Å². The molecule has 2 aromatic rings. The highest BCUT2D eigenvalue weighted by atomic mass is 19.4. The van der Waals surface area contributed by atoms with E-state index in [2.05, 4.69) is 19.9 Å². The molecule has 8 heteroatoms. The Hall–Kier alpha value is -1.86. The van der Waals surface area contributed by atoms with Gasteiger partial charge in [0.2, 0.25) is 0 Å². The number of aromatic amines is 1. The Morgan fingerprint density at radius 3 is 2.75 bits per heavy atom. The van der Waals surface area contributed by atoms with Crippen LogP contribution in [0.25, 0.3) is 11.2 Å². The van der Waals surface area contributed by atoms with Crippen LogP contribution in [0.15, 0.2) is 6.33 Å². The molecule has 3 N–H and O–H groups in total. The second-order valence-corrected chi connectivity index (χ2v) is 5.18. The van der Waals surface area contributed by atoms with E-state index < -0.39 is 12.1 Å². The Labute approximate surface area is 112 Å². The number of halogens is 3. The summed E-state index contributed by atoms with van der Waals surface area (Å²) in [6, 6.07) is 0. The number of aromatic nitrogens is 4. The molecule has 0 amide bonds. The van der Waals surface area contributed by atoms with Crippen molar-refractivity contribution in [2.45, 2.75) is 37.8 Å². The zero-order valence-corrected chi connectivity index (χ0v) is 10.6. The zero-order valence-electron chi connectivity index (χ0n) is 10.6. The fourth-order valence-electron chi connectivity index (χ4n) is 2.79. The third-order valence-corrected chi connectivity index (χ3v) is 3.86. The highest BCUT2D eigenvalue weighted by Gasteiger charge is 2.42. The molecule has 1 fully saturated rings. The first-order chi connectivity index (χ1) is 9.45. The van der Waals surface area contributed by atoms with Gasteiger partial charge in [-0.05, 0) is 19.3 Å². The van der Waals surface area contributed by atoms with E-state index in [1.165, 1.54) is 6.33 Å². The Balaban J connectivity index is 1.89. The predicted octanol–water partition coefficient (Wildman–Crippen LogP) is 2.77. The van der Waals surface area contributed by atoms with Gasteiger partial charge in [-0.1, -0.05) is 6.42 Å². The standard InChI is InChI=1S/C12H14F3N5/c13-12(14,15)7-3-1-2-6(4-7)10-19-8-9(16)17-5-18-11(8)20-10/h5-7H,1-4H2,(H3,16,17,18,19,20). The van der Waals surface area contributed by atoms with Gasteiger partial charge < -0.3 is 10.7 Å². The number of H-pyrrole nitrogens is 1. The van der Waals surface area contributed by atoms with Crippen LogP contribution in [-0.4, -0.2) is 26.1 Å². The summed E-state index contributed by atoms with van der Waals surface area (Å²) in [6.07, 6.45) is -1.34. The summed E-state index contributed by atoms with van der Waals surface area (Å²) < 4.78 is 38.5. The molecule has 2 unspecified atom stereocenters. The number of nitrogens with two attached hydrogens (primary N) is 1. The molecule has 0 saturated heterocycles. The van der Waals surface area contributed by atoms with Crippen LogP contribution < -0.4 is 5.73 Å². The maximum Gasteiger partial charge on any atom is 0.391 e. The summed E-state index contributed by atoms with van der Waals surface area (Å²) in [7, 11) is 0. The lowest BCUT2D eigenvalue weighted by atomic mass is 9.80. The minimum atomic E-state index is -4.14. The summed E-state index contributed by atoms with van der Waals surface area (Å²) >= 11 is 0. The van der Waals surface area contributed by atoms with E-state index >= 15 is 0 Å². The average Bonchev–Trinajstić information content (AvgIpc) is 2.83. The molecular weight excluding hydrogens is 271 g/mol. The van der Waals surface area contributed by atoms with Crippen LogP contribution in [0.3, 0.4) is 0 Å². The predicted molar refractivity (Wildman–Crippen MR) is 66.9 cm³/mol. The van der Waals surface area contributed by atoms with Gasteiger partial charge in [0.05, 0.1) is 5.92 Å². The van der Waals surface area contributed by atoms with Gasteiger partial charge in [-0.2, -0.15) is 13.2 Å². The molecule has 0 aliphatic heterocycles. The number of anilines is 1. The Bertz CT molecular complexity index is 621. The molecule has 0 bridgehead atoms. The first-order valence-corrected chi connectivity index (χ1v) is 6.48. The molecule has 1 aliphatic carbocycles. The number of fused-ring (bicyclic) bond motifs is 1. The normalized spacial score (nSPS) is 24.1. The van der Waals surface area contributed by atoms with Crippen LogP contribution in [0.1, 0.15) is 37.4 Å². The van der Waals surface area contributed by atoms with E-state index in [1.54, 1.807) is 0 Å². The van der Waals surface area contributed by atoms with Crippen LogP contribution in [0.4, 0.5) is 19.0 Å². The third kappa shape index (κ3) is 2.30. The number of nitrogen functional groups attached to an aromatic ring is 1. The Kier molecular flexibility index (Phi) is 3.02. The van der Waals surface area contributed by atoms with Gasteiger partial charge in [-0.25, -0.2) is 15.0 Å². The lowest BCUT2D eigenvalue weighted by Gasteiger charge is -2.29. The summed E-state index contributed by atoms with van der Waals surface area (Å²) in [5.74, 6) is -0.694. The van der Waals surface area contributed by atoms with Gasteiger partial charge in [-0.3, -0.25) is 0 Å². The largest absolute Gasteiger partial charge is 0.391 e. The van der Waals surface area contributed by atoms with E-state index in [-0.39, 0.29) is 24.6 Å². The number of hydrogen-bond donors (Lipinski definition) is 2. The molecule has 2 aromatic heterocycles. The van der Waals surface area contributed by atoms with Crippen molar-refractivity contribution >= 4 is 17.0 Å². The molecule has 2 heterocycles. The second-order valence-electron chi connectivity index (χ2n) is 5.18. The van der Waals surface area contributed by atoms with Gasteiger partial charge in [-0.15, -0.1) is 0 Å². The zero-order chi connectivity index (χ0) is 14.3. The van der Waals surface area contributed by atoms with Crippen molar-refractivity contribution in [3.05, 3.63) is 12.2 Å². The van der Waals surface area contributed by atoms with Gasteiger partial charge >= 0.3 is 6.18 Å². The molecule has 2 atom stereocenters. The van der Waals surface area contributed by atoms with E-state index in [4.69, 9.17) is 5.73 Å². The van der Waals surface area contributed by atoms with Crippen molar-refractivity contribution in [2.24, 2.45) is 5.92 Å². The van der Waals surface area contributed by atoms with Crippen LogP contribution in [-0.2, 0) is 0 Å². The molecule has 0 aromatic carbocycles. The van der Waals surface area contributed by atoms with Crippen molar-refractivity contribution in [3.8, 4) is 0 Å². The second kappa shape index (κ2) is 4.60. The average molecular weight is 285 g/mol. The summed E-state index contributed by atoms with van der Waals surface area (Å²) in [6.45, 7) is 0. The fourth-order valence-corrected chi connectivity index (χ4v) is 2.79. The Morgan fingerprint density at radius 1 is 1.25 bits per heavy atom. The van der Waals surface area contributed by atoms with Crippen molar-refractivity contribution in [1.82, 2.24) is 19.9 Å². The number of nitrogens with zero attached hydrogens (tertiary/aromatic N) is 3. The molecule has 108 valence electrons. The van der Waals surface area contributed by atoms with Gasteiger partial charge in [0.1, 0.15) is 17.7 Å². The quantitative estimate of drug-likeness (QED) is 0.844. The first kappa shape index (κ1) is 13.1. The van der Waals surface area contributed by atoms with Crippen molar-refractivity contribution in [3.63, 3.8) is 0 Å². The molecule has 0 spiro atoms. The number of nitrogens with one attached hydrogen (secondary N) is 1. The minimum Gasteiger partial charge on any atom is -0.382 e. The smallest absolute Gasteiger partial charge is 0.382 e. The van der Waals surface area contributed by atoms with E-state index in [9.17, 15) is 13.2 Å². The SMILES string of the molecule is Nc1ncnc2nc(C3CCCC(C(F)(F)F)C3)[nH]c12. The maximum absolute atomic E-state index is 12.8. The summed E-state index contributed by atoms with van der Waals surface area (Å²) in [5.41, 5.74) is 6.59. The summed E-state index contributed by atoms with van der Waals surface area (Å²) in [4.78, 5) is 15.0. The number of rotatable bonds is 1. The third-order valence-electron chi connectivity index (χ3n) is 3.86. The molecule has 1 aliphatic rings. The van der Waals surface area contributed by atoms with Crippen molar-refractivity contribution < 1.29 is 13.2 Å². The van der Waals surface area contributed by atoms with Crippen molar-refractivity contribution in [2.75, 3.05) is 5.73 Å². The lowest BCUT2D eigenvalue weighted by molar-refractivity contribution is -0.183. The minimum absolute atomic E-state index is 0.0661. The number of hydrogen-bond acceptors (Lipinski definition) is 4. The molecule has 20 heavy (non-hydrogen) atoms. The van der Waals surface area contributed by atoms with Crippen molar-refractivity contribution in [1.29, 1.82) is 0 Å². The van der Waals surface area contributed by atoms with Gasteiger partial charge in [0, 0.05) is 5.92 Å². The highest BCUT2D eigenvalue weighted by molar-refractivity contribution is 5.81. The first-order valence-electron chi connectivity index (χ1n) is 6.48. The lowest BCUT2D eigenvalue weighted by Crippen LogP contribution is -2.28. The monoisotopic (exact) mass is 285 g/mol.